The lowest BCUT2D eigenvalue weighted by molar-refractivity contribution is 0.0214. The fourth-order valence-corrected chi connectivity index (χ4v) is 3.24. The maximum Gasteiger partial charge on any atom is 0.410 e. The van der Waals surface area contributed by atoms with Crippen molar-refractivity contribution in [2.24, 2.45) is 0 Å². The molecule has 0 aliphatic heterocycles. The number of nitrogens with zero attached hydrogens (tertiary/aromatic N) is 2. The van der Waals surface area contributed by atoms with Crippen molar-refractivity contribution in [3.8, 4) is 5.75 Å². The summed E-state index contributed by atoms with van der Waals surface area (Å²) in [6.45, 7) is 10.3. The molecular formula is C24H28N2O3. The highest BCUT2D eigenvalue weighted by molar-refractivity contribution is 5.88. The molecule has 1 aromatic heterocycles. The molecule has 1 amide bonds. The second-order valence-corrected chi connectivity index (χ2v) is 8.30. The number of amides is 1. The van der Waals surface area contributed by atoms with Crippen molar-refractivity contribution in [3.05, 3.63) is 70.9 Å². The lowest BCUT2D eigenvalue weighted by Crippen LogP contribution is -2.36. The zero-order valence-electron chi connectivity index (χ0n) is 17.7. The molecule has 0 aliphatic carbocycles. The van der Waals surface area contributed by atoms with E-state index >= 15 is 0 Å². The average molecular weight is 392 g/mol. The van der Waals surface area contributed by atoms with E-state index in [0.29, 0.717) is 18.6 Å². The monoisotopic (exact) mass is 392 g/mol. The number of aryl methyl sites for hydroxylation is 1. The van der Waals surface area contributed by atoms with Crippen LogP contribution < -0.4 is 0 Å². The van der Waals surface area contributed by atoms with Crippen molar-refractivity contribution in [2.45, 2.75) is 53.3 Å². The molecule has 5 nitrogen and oxygen atoms in total. The standard InChI is InChI=1S/C24H28N2O3/c1-16-17(2)20(25-22-19(16)12-9-13-21(22)27)15-26(23(28)29-24(3,4)5)14-18-10-7-6-8-11-18/h6-13,27H,14-15H2,1-5H3. The van der Waals surface area contributed by atoms with Crippen molar-refractivity contribution >= 4 is 17.0 Å². The van der Waals surface area contributed by atoms with Crippen LogP contribution in [0.2, 0.25) is 0 Å². The van der Waals surface area contributed by atoms with Crippen LogP contribution in [0.4, 0.5) is 4.79 Å². The number of hydrogen-bond acceptors (Lipinski definition) is 4. The Morgan fingerprint density at radius 1 is 1.00 bits per heavy atom. The first kappa shape index (κ1) is 20.6. The highest BCUT2D eigenvalue weighted by atomic mass is 16.6. The molecule has 2 aromatic carbocycles. The molecule has 0 bridgehead atoms. The summed E-state index contributed by atoms with van der Waals surface area (Å²) >= 11 is 0. The molecule has 29 heavy (non-hydrogen) atoms. The van der Waals surface area contributed by atoms with Gasteiger partial charge in [0, 0.05) is 11.9 Å². The number of carbonyl (C=O) groups excluding carboxylic acids is 1. The van der Waals surface area contributed by atoms with Gasteiger partial charge in [-0.05, 0) is 57.4 Å². The molecule has 0 saturated heterocycles. The minimum Gasteiger partial charge on any atom is -0.506 e. The summed E-state index contributed by atoms with van der Waals surface area (Å²) in [4.78, 5) is 19.3. The second-order valence-electron chi connectivity index (χ2n) is 8.30. The Morgan fingerprint density at radius 2 is 1.69 bits per heavy atom. The van der Waals surface area contributed by atoms with Gasteiger partial charge in [-0.25, -0.2) is 9.78 Å². The third kappa shape index (κ3) is 4.86. The number of aromatic nitrogens is 1. The van der Waals surface area contributed by atoms with E-state index in [-0.39, 0.29) is 5.75 Å². The number of para-hydroxylation sites is 1. The van der Waals surface area contributed by atoms with E-state index in [4.69, 9.17) is 9.72 Å². The number of carbonyl (C=O) groups is 1. The van der Waals surface area contributed by atoms with Crippen molar-refractivity contribution in [1.82, 2.24) is 9.88 Å². The number of phenolic OH excluding ortho intramolecular Hbond substituents is 1. The normalized spacial score (nSPS) is 11.5. The number of rotatable bonds is 4. The molecule has 0 atom stereocenters. The summed E-state index contributed by atoms with van der Waals surface area (Å²) < 4.78 is 5.64. The quantitative estimate of drug-likeness (QED) is 0.637. The van der Waals surface area contributed by atoms with Crippen LogP contribution in [0.15, 0.2) is 48.5 Å². The zero-order valence-corrected chi connectivity index (χ0v) is 17.7. The fraction of sp³-hybridized carbons (Fsp3) is 0.333. The topological polar surface area (TPSA) is 62.7 Å². The van der Waals surface area contributed by atoms with Crippen LogP contribution in [0.3, 0.4) is 0 Å². The van der Waals surface area contributed by atoms with E-state index in [9.17, 15) is 9.90 Å². The first-order valence-corrected chi connectivity index (χ1v) is 9.75. The van der Waals surface area contributed by atoms with Gasteiger partial charge in [-0.15, -0.1) is 0 Å². The first-order valence-electron chi connectivity index (χ1n) is 9.75. The third-order valence-corrected chi connectivity index (χ3v) is 4.87. The predicted octanol–water partition coefficient (Wildman–Crippen LogP) is 5.49. The molecule has 0 radical (unpaired) electrons. The molecule has 0 spiro atoms. The van der Waals surface area contributed by atoms with Gasteiger partial charge in [-0.3, -0.25) is 4.90 Å². The number of aromatic hydroxyl groups is 1. The highest BCUT2D eigenvalue weighted by Crippen LogP contribution is 2.29. The minimum atomic E-state index is -0.591. The van der Waals surface area contributed by atoms with E-state index in [1.165, 1.54) is 0 Å². The van der Waals surface area contributed by atoms with Crippen LogP contribution in [-0.4, -0.2) is 26.7 Å². The van der Waals surface area contributed by atoms with Gasteiger partial charge in [0.15, 0.2) is 0 Å². The summed E-state index contributed by atoms with van der Waals surface area (Å²) in [7, 11) is 0. The molecule has 0 unspecified atom stereocenters. The van der Waals surface area contributed by atoms with E-state index in [0.717, 1.165) is 27.8 Å². The molecule has 1 heterocycles. The van der Waals surface area contributed by atoms with Gasteiger partial charge in [0.25, 0.3) is 0 Å². The lowest BCUT2D eigenvalue weighted by Gasteiger charge is -2.28. The minimum absolute atomic E-state index is 0.138. The fourth-order valence-electron chi connectivity index (χ4n) is 3.24. The zero-order chi connectivity index (χ0) is 21.2. The third-order valence-electron chi connectivity index (χ3n) is 4.87. The van der Waals surface area contributed by atoms with E-state index < -0.39 is 11.7 Å². The highest BCUT2D eigenvalue weighted by Gasteiger charge is 2.24. The molecule has 3 rings (SSSR count). The van der Waals surface area contributed by atoms with Crippen LogP contribution in [-0.2, 0) is 17.8 Å². The molecule has 152 valence electrons. The van der Waals surface area contributed by atoms with Crippen LogP contribution in [0.1, 0.15) is 43.2 Å². The Morgan fingerprint density at radius 3 is 2.34 bits per heavy atom. The Labute approximate surface area is 172 Å². The largest absolute Gasteiger partial charge is 0.506 e. The summed E-state index contributed by atoms with van der Waals surface area (Å²) in [5, 5.41) is 11.2. The predicted molar refractivity (Wildman–Crippen MR) is 115 cm³/mol. The van der Waals surface area contributed by atoms with Gasteiger partial charge in [-0.2, -0.15) is 0 Å². The number of ether oxygens (including phenoxy) is 1. The molecule has 5 heteroatoms. The van der Waals surface area contributed by atoms with Crippen molar-refractivity contribution in [1.29, 1.82) is 0 Å². The van der Waals surface area contributed by atoms with Gasteiger partial charge in [0.2, 0.25) is 0 Å². The SMILES string of the molecule is Cc1c(CN(Cc2ccccc2)C(=O)OC(C)(C)C)nc2c(O)cccc2c1C. The Hall–Kier alpha value is -3.08. The molecule has 1 N–H and O–H groups in total. The molecular weight excluding hydrogens is 364 g/mol. The van der Waals surface area contributed by atoms with Crippen LogP contribution in [0.5, 0.6) is 5.75 Å². The summed E-state index contributed by atoms with van der Waals surface area (Å²) in [5.41, 5.74) is 3.77. The van der Waals surface area contributed by atoms with Gasteiger partial charge in [0.05, 0.1) is 12.2 Å². The number of hydrogen-bond donors (Lipinski definition) is 1. The smallest absolute Gasteiger partial charge is 0.410 e. The van der Waals surface area contributed by atoms with Gasteiger partial charge in [0.1, 0.15) is 16.9 Å². The maximum atomic E-state index is 12.9. The van der Waals surface area contributed by atoms with Crippen LogP contribution in [0.25, 0.3) is 10.9 Å². The summed E-state index contributed by atoms with van der Waals surface area (Å²) in [6.07, 6.45) is -0.391. The van der Waals surface area contributed by atoms with Crippen molar-refractivity contribution in [2.75, 3.05) is 0 Å². The van der Waals surface area contributed by atoms with Crippen LogP contribution in [0, 0.1) is 13.8 Å². The number of pyridine rings is 1. The molecule has 0 fully saturated rings. The average Bonchev–Trinajstić information content (AvgIpc) is 2.65. The van der Waals surface area contributed by atoms with E-state index in [2.05, 4.69) is 0 Å². The summed E-state index contributed by atoms with van der Waals surface area (Å²) in [6, 6.07) is 15.2. The Balaban J connectivity index is 1.99. The Bertz CT molecular complexity index is 1020. The van der Waals surface area contributed by atoms with Crippen molar-refractivity contribution in [3.63, 3.8) is 0 Å². The lowest BCUT2D eigenvalue weighted by atomic mass is 10.0. The van der Waals surface area contributed by atoms with Crippen LogP contribution >= 0.6 is 0 Å². The first-order chi connectivity index (χ1) is 13.7. The Kier molecular flexibility index (Phi) is 5.78. The van der Waals surface area contributed by atoms with E-state index in [1.807, 2.05) is 77.1 Å². The van der Waals surface area contributed by atoms with Gasteiger partial charge in [-0.1, -0.05) is 42.5 Å². The number of benzene rings is 2. The van der Waals surface area contributed by atoms with E-state index in [1.54, 1.807) is 11.0 Å². The maximum absolute atomic E-state index is 12.9. The van der Waals surface area contributed by atoms with Gasteiger partial charge < -0.3 is 9.84 Å². The molecule has 0 aliphatic rings. The number of phenols is 1. The van der Waals surface area contributed by atoms with Crippen molar-refractivity contribution < 1.29 is 14.6 Å². The molecule has 3 aromatic rings. The number of fused-ring (bicyclic) bond motifs is 1. The second kappa shape index (κ2) is 8.11. The molecule has 0 saturated carbocycles. The van der Waals surface area contributed by atoms with Gasteiger partial charge >= 0.3 is 6.09 Å². The summed E-state index contributed by atoms with van der Waals surface area (Å²) in [5.74, 6) is 0.138.